The SMILES string of the molecule is N#CCc1cc(C#N)cc(N)c1O. The van der Waals surface area contributed by atoms with Crippen LogP contribution in [-0.4, -0.2) is 5.11 Å². The van der Waals surface area contributed by atoms with Crippen molar-refractivity contribution in [2.75, 3.05) is 5.73 Å². The predicted molar refractivity (Wildman–Crippen MR) is 46.6 cm³/mol. The van der Waals surface area contributed by atoms with E-state index in [0.29, 0.717) is 11.1 Å². The molecule has 0 heterocycles. The van der Waals surface area contributed by atoms with Crippen LogP contribution in [0.4, 0.5) is 5.69 Å². The van der Waals surface area contributed by atoms with E-state index >= 15 is 0 Å². The molecule has 0 atom stereocenters. The minimum atomic E-state index is -0.111. The first-order valence-corrected chi connectivity index (χ1v) is 3.57. The van der Waals surface area contributed by atoms with Gasteiger partial charge in [-0.2, -0.15) is 10.5 Å². The molecule has 0 aliphatic rings. The van der Waals surface area contributed by atoms with Crippen molar-refractivity contribution < 1.29 is 5.11 Å². The van der Waals surface area contributed by atoms with Gasteiger partial charge in [-0.3, -0.25) is 0 Å². The van der Waals surface area contributed by atoms with Crippen molar-refractivity contribution in [3.63, 3.8) is 0 Å². The number of rotatable bonds is 1. The number of benzene rings is 1. The Balaban J connectivity index is 3.28. The molecule has 0 unspecified atom stereocenters. The van der Waals surface area contributed by atoms with Crippen LogP contribution in [0.3, 0.4) is 0 Å². The second-order valence-corrected chi connectivity index (χ2v) is 2.52. The highest BCUT2D eigenvalue weighted by Gasteiger charge is 2.06. The maximum absolute atomic E-state index is 9.36. The molecule has 3 N–H and O–H groups in total. The van der Waals surface area contributed by atoms with E-state index in [1.54, 1.807) is 0 Å². The van der Waals surface area contributed by atoms with Gasteiger partial charge >= 0.3 is 0 Å². The standard InChI is InChI=1S/C9H7N3O/c10-2-1-7-3-6(5-11)4-8(12)9(7)13/h3-4,13H,1,12H2. The monoisotopic (exact) mass is 173 g/mol. The molecule has 0 radical (unpaired) electrons. The second kappa shape index (κ2) is 3.46. The van der Waals surface area contributed by atoms with Gasteiger partial charge in [0.05, 0.1) is 29.8 Å². The average Bonchev–Trinajstić information content (AvgIpc) is 2.13. The number of nitriles is 2. The van der Waals surface area contributed by atoms with Gasteiger partial charge in [0, 0.05) is 5.56 Å². The lowest BCUT2D eigenvalue weighted by atomic mass is 10.1. The maximum atomic E-state index is 9.36. The van der Waals surface area contributed by atoms with Gasteiger partial charge in [0.1, 0.15) is 5.75 Å². The normalized spacial score (nSPS) is 8.77. The van der Waals surface area contributed by atoms with Crippen LogP contribution in [0.5, 0.6) is 5.75 Å². The molecule has 0 spiro atoms. The Morgan fingerprint density at radius 2 is 2.08 bits per heavy atom. The summed E-state index contributed by atoms with van der Waals surface area (Å²) in [6.07, 6.45) is 0.0472. The zero-order valence-corrected chi connectivity index (χ0v) is 6.78. The van der Waals surface area contributed by atoms with Crippen LogP contribution >= 0.6 is 0 Å². The number of nitrogens with two attached hydrogens (primary N) is 1. The van der Waals surface area contributed by atoms with Crippen molar-refractivity contribution in [1.29, 1.82) is 10.5 Å². The molecule has 4 heteroatoms. The number of anilines is 1. The number of aromatic hydroxyl groups is 1. The van der Waals surface area contributed by atoms with Crippen LogP contribution in [0.15, 0.2) is 12.1 Å². The molecule has 0 saturated heterocycles. The molecule has 13 heavy (non-hydrogen) atoms. The molecule has 0 aromatic heterocycles. The summed E-state index contributed by atoms with van der Waals surface area (Å²) in [6.45, 7) is 0. The maximum Gasteiger partial charge on any atom is 0.142 e. The lowest BCUT2D eigenvalue weighted by Gasteiger charge is -2.03. The molecule has 0 aliphatic heterocycles. The molecule has 0 bridgehead atoms. The molecule has 64 valence electrons. The smallest absolute Gasteiger partial charge is 0.142 e. The first-order valence-electron chi connectivity index (χ1n) is 3.57. The van der Waals surface area contributed by atoms with Crippen LogP contribution < -0.4 is 5.73 Å². The molecule has 1 aromatic carbocycles. The van der Waals surface area contributed by atoms with Crippen molar-refractivity contribution in [3.8, 4) is 17.9 Å². The van der Waals surface area contributed by atoms with E-state index in [1.165, 1.54) is 12.1 Å². The number of phenols is 1. The van der Waals surface area contributed by atoms with E-state index in [0.717, 1.165) is 0 Å². The summed E-state index contributed by atoms with van der Waals surface area (Å²) in [4.78, 5) is 0. The summed E-state index contributed by atoms with van der Waals surface area (Å²) < 4.78 is 0. The van der Waals surface area contributed by atoms with Crippen molar-refractivity contribution in [3.05, 3.63) is 23.3 Å². The van der Waals surface area contributed by atoms with Gasteiger partial charge in [-0.15, -0.1) is 0 Å². The number of hydrogen-bond acceptors (Lipinski definition) is 4. The second-order valence-electron chi connectivity index (χ2n) is 2.52. The van der Waals surface area contributed by atoms with E-state index in [1.807, 2.05) is 12.1 Å². The predicted octanol–water partition coefficient (Wildman–Crippen LogP) is 0.912. The summed E-state index contributed by atoms with van der Waals surface area (Å²) in [5.74, 6) is -0.111. The lowest BCUT2D eigenvalue weighted by molar-refractivity contribution is 0.472. The van der Waals surface area contributed by atoms with Crippen LogP contribution in [0, 0.1) is 22.7 Å². The van der Waals surface area contributed by atoms with Crippen LogP contribution in [0.1, 0.15) is 11.1 Å². The largest absolute Gasteiger partial charge is 0.505 e. The molecular formula is C9H7N3O. The van der Waals surface area contributed by atoms with Gasteiger partial charge in [-0.1, -0.05) is 0 Å². The van der Waals surface area contributed by atoms with Gasteiger partial charge in [-0.05, 0) is 12.1 Å². The van der Waals surface area contributed by atoms with Gasteiger partial charge in [0.2, 0.25) is 0 Å². The highest BCUT2D eigenvalue weighted by molar-refractivity contribution is 5.60. The van der Waals surface area contributed by atoms with Gasteiger partial charge < -0.3 is 10.8 Å². The lowest BCUT2D eigenvalue weighted by Crippen LogP contribution is -1.92. The van der Waals surface area contributed by atoms with Crippen LogP contribution in [0.2, 0.25) is 0 Å². The Hall–Kier alpha value is -2.20. The van der Waals surface area contributed by atoms with Crippen LogP contribution in [0.25, 0.3) is 0 Å². The van der Waals surface area contributed by atoms with E-state index in [-0.39, 0.29) is 17.9 Å². The third-order valence-electron chi connectivity index (χ3n) is 1.62. The fourth-order valence-corrected chi connectivity index (χ4v) is 1.00. The van der Waals surface area contributed by atoms with Gasteiger partial charge in [-0.25, -0.2) is 0 Å². The first-order chi connectivity index (χ1) is 6.19. The molecule has 1 aromatic rings. The Bertz CT molecular complexity index is 412. The summed E-state index contributed by atoms with van der Waals surface area (Å²) in [7, 11) is 0. The van der Waals surface area contributed by atoms with Crippen molar-refractivity contribution in [2.45, 2.75) is 6.42 Å². The summed E-state index contributed by atoms with van der Waals surface area (Å²) in [5, 5.41) is 26.4. The summed E-state index contributed by atoms with van der Waals surface area (Å²) >= 11 is 0. The third kappa shape index (κ3) is 1.69. The number of nitrogens with zero attached hydrogens (tertiary/aromatic N) is 2. The van der Waals surface area contributed by atoms with E-state index < -0.39 is 0 Å². The van der Waals surface area contributed by atoms with Crippen molar-refractivity contribution >= 4 is 5.69 Å². The van der Waals surface area contributed by atoms with E-state index in [4.69, 9.17) is 16.3 Å². The zero-order valence-electron chi connectivity index (χ0n) is 6.78. The topological polar surface area (TPSA) is 93.8 Å². The summed E-state index contributed by atoms with van der Waals surface area (Å²) in [5.41, 5.74) is 6.28. The van der Waals surface area contributed by atoms with Gasteiger partial charge in [0.25, 0.3) is 0 Å². The minimum Gasteiger partial charge on any atom is -0.505 e. The highest BCUT2D eigenvalue weighted by Crippen LogP contribution is 2.26. The first kappa shape index (κ1) is 8.89. The molecular weight excluding hydrogens is 166 g/mol. The third-order valence-corrected chi connectivity index (χ3v) is 1.62. The van der Waals surface area contributed by atoms with Crippen molar-refractivity contribution in [1.82, 2.24) is 0 Å². The molecule has 0 saturated carbocycles. The Morgan fingerprint density at radius 1 is 1.38 bits per heavy atom. The Kier molecular flexibility index (Phi) is 2.37. The zero-order chi connectivity index (χ0) is 9.84. The molecule has 0 aliphatic carbocycles. The number of phenolic OH excluding ortho intramolecular Hbond substituents is 1. The fraction of sp³-hybridized carbons (Fsp3) is 0.111. The van der Waals surface area contributed by atoms with E-state index in [9.17, 15) is 5.11 Å². The van der Waals surface area contributed by atoms with E-state index in [2.05, 4.69) is 0 Å². The number of nitrogen functional groups attached to an aromatic ring is 1. The Morgan fingerprint density at radius 3 is 2.62 bits per heavy atom. The minimum absolute atomic E-state index is 0.0472. The van der Waals surface area contributed by atoms with Crippen molar-refractivity contribution in [2.24, 2.45) is 0 Å². The Labute approximate surface area is 75.4 Å². The van der Waals surface area contributed by atoms with Gasteiger partial charge in [0.15, 0.2) is 0 Å². The number of hydrogen-bond donors (Lipinski definition) is 2. The molecule has 1 rings (SSSR count). The quantitative estimate of drug-likeness (QED) is 0.487. The summed E-state index contributed by atoms with van der Waals surface area (Å²) in [6, 6.07) is 6.60. The molecule has 4 nitrogen and oxygen atoms in total. The fourth-order valence-electron chi connectivity index (χ4n) is 1.00. The molecule has 0 amide bonds. The van der Waals surface area contributed by atoms with Crippen LogP contribution in [-0.2, 0) is 6.42 Å². The average molecular weight is 173 g/mol. The molecule has 0 fully saturated rings. The highest BCUT2D eigenvalue weighted by atomic mass is 16.3.